The van der Waals surface area contributed by atoms with Crippen LogP contribution in [0, 0.1) is 11.2 Å². The highest BCUT2D eigenvalue weighted by molar-refractivity contribution is 7.89. The molecule has 5 nitrogen and oxygen atoms in total. The van der Waals surface area contributed by atoms with Crippen molar-refractivity contribution < 1.29 is 12.8 Å². The van der Waals surface area contributed by atoms with Crippen molar-refractivity contribution in [3.8, 4) is 0 Å². The summed E-state index contributed by atoms with van der Waals surface area (Å²) in [6.07, 6.45) is 0.316. The van der Waals surface area contributed by atoms with Crippen molar-refractivity contribution in [3.63, 3.8) is 0 Å². The van der Waals surface area contributed by atoms with E-state index < -0.39 is 21.4 Å². The van der Waals surface area contributed by atoms with Gasteiger partial charge in [-0.3, -0.25) is 5.41 Å². The molecule has 0 radical (unpaired) electrons. The molecule has 18 heavy (non-hydrogen) atoms. The molecule has 0 aliphatic rings. The first-order valence-electron chi connectivity index (χ1n) is 5.35. The number of amidine groups is 1. The van der Waals surface area contributed by atoms with E-state index in [-0.39, 0.29) is 10.7 Å². The highest BCUT2D eigenvalue weighted by Gasteiger charge is 2.32. The fourth-order valence-electron chi connectivity index (χ4n) is 1.31. The highest BCUT2D eigenvalue weighted by atomic mass is 32.2. The van der Waals surface area contributed by atoms with E-state index in [1.54, 1.807) is 6.92 Å². The Labute approximate surface area is 106 Å². The van der Waals surface area contributed by atoms with Gasteiger partial charge in [0.1, 0.15) is 11.7 Å². The molecule has 1 unspecified atom stereocenters. The first-order valence-corrected chi connectivity index (χ1v) is 6.83. The van der Waals surface area contributed by atoms with E-state index in [9.17, 15) is 12.8 Å². The van der Waals surface area contributed by atoms with Gasteiger partial charge in [-0.15, -0.1) is 0 Å². The summed E-state index contributed by atoms with van der Waals surface area (Å²) in [5.74, 6) is -0.927. The fraction of sp³-hybridized carbons (Fsp3) is 0.364. The molecule has 0 aliphatic carbocycles. The van der Waals surface area contributed by atoms with Crippen molar-refractivity contribution in [1.82, 2.24) is 4.72 Å². The largest absolute Gasteiger partial charge is 0.386 e. The Morgan fingerprint density at radius 1 is 1.56 bits per heavy atom. The standard InChI is InChI=1S/C11H16FN3O2S/c1-3-11(2,10(13)14)15-18(16,17)9-6-4-5-8(12)7-9/h4-7,15H,3H2,1-2H3,(H3,13,14). The van der Waals surface area contributed by atoms with Gasteiger partial charge in [-0.05, 0) is 31.5 Å². The van der Waals surface area contributed by atoms with Gasteiger partial charge in [-0.2, -0.15) is 4.72 Å². The van der Waals surface area contributed by atoms with Crippen LogP contribution in [0.25, 0.3) is 0 Å². The van der Waals surface area contributed by atoms with Crippen molar-refractivity contribution in [2.45, 2.75) is 30.7 Å². The van der Waals surface area contributed by atoms with Gasteiger partial charge < -0.3 is 5.73 Å². The van der Waals surface area contributed by atoms with Crippen LogP contribution in [-0.4, -0.2) is 19.8 Å². The maximum absolute atomic E-state index is 13.0. The van der Waals surface area contributed by atoms with E-state index in [1.165, 1.54) is 19.1 Å². The molecule has 0 aliphatic heterocycles. The van der Waals surface area contributed by atoms with E-state index in [4.69, 9.17) is 11.1 Å². The summed E-state index contributed by atoms with van der Waals surface area (Å²) < 4.78 is 39.4. The van der Waals surface area contributed by atoms with Crippen molar-refractivity contribution in [3.05, 3.63) is 30.1 Å². The number of hydrogen-bond donors (Lipinski definition) is 3. The van der Waals surface area contributed by atoms with Gasteiger partial charge >= 0.3 is 0 Å². The molecule has 0 saturated heterocycles. The van der Waals surface area contributed by atoms with Crippen LogP contribution in [0.15, 0.2) is 29.2 Å². The molecule has 1 rings (SSSR count). The number of nitrogens with two attached hydrogens (primary N) is 1. The summed E-state index contributed by atoms with van der Waals surface area (Å²) in [5, 5.41) is 7.41. The minimum absolute atomic E-state index is 0.191. The summed E-state index contributed by atoms with van der Waals surface area (Å²) in [4.78, 5) is -0.191. The highest BCUT2D eigenvalue weighted by Crippen LogP contribution is 2.16. The van der Waals surface area contributed by atoms with Gasteiger partial charge in [0.25, 0.3) is 0 Å². The first-order chi connectivity index (χ1) is 8.21. The molecule has 1 aromatic rings. The van der Waals surface area contributed by atoms with Crippen LogP contribution in [0.4, 0.5) is 4.39 Å². The average molecular weight is 273 g/mol. The third-order valence-corrected chi connectivity index (χ3v) is 4.36. The summed E-state index contributed by atoms with van der Waals surface area (Å²) >= 11 is 0. The number of rotatable bonds is 5. The summed E-state index contributed by atoms with van der Waals surface area (Å²) in [5.41, 5.74) is 4.20. The van der Waals surface area contributed by atoms with Crippen LogP contribution >= 0.6 is 0 Å². The molecular weight excluding hydrogens is 257 g/mol. The van der Waals surface area contributed by atoms with Crippen LogP contribution in [0.1, 0.15) is 20.3 Å². The zero-order chi connectivity index (χ0) is 14.0. The quantitative estimate of drug-likeness (QED) is 0.555. The third-order valence-electron chi connectivity index (χ3n) is 2.77. The van der Waals surface area contributed by atoms with E-state index in [0.29, 0.717) is 6.42 Å². The zero-order valence-corrected chi connectivity index (χ0v) is 11.0. The SMILES string of the molecule is CCC(C)(NS(=O)(=O)c1cccc(F)c1)C(=N)N. The Bertz CT molecular complexity index is 559. The van der Waals surface area contributed by atoms with Gasteiger partial charge in [0, 0.05) is 0 Å². The number of nitrogens with one attached hydrogen (secondary N) is 2. The summed E-state index contributed by atoms with van der Waals surface area (Å²) in [6.45, 7) is 3.21. The van der Waals surface area contributed by atoms with Crippen LogP contribution in [-0.2, 0) is 10.0 Å². The van der Waals surface area contributed by atoms with Gasteiger partial charge in [0.05, 0.1) is 10.4 Å². The van der Waals surface area contributed by atoms with Gasteiger partial charge in [0.2, 0.25) is 10.0 Å². The summed E-state index contributed by atoms with van der Waals surface area (Å²) in [7, 11) is -3.91. The Hall–Kier alpha value is -1.47. The smallest absolute Gasteiger partial charge is 0.241 e. The molecule has 1 aromatic carbocycles. The molecule has 0 saturated carbocycles. The average Bonchev–Trinajstić information content (AvgIpc) is 2.28. The third kappa shape index (κ3) is 3.05. The number of hydrogen-bond acceptors (Lipinski definition) is 3. The Morgan fingerprint density at radius 2 is 2.17 bits per heavy atom. The monoisotopic (exact) mass is 273 g/mol. The van der Waals surface area contributed by atoms with Crippen LogP contribution in [0.3, 0.4) is 0 Å². The van der Waals surface area contributed by atoms with Crippen LogP contribution in [0.5, 0.6) is 0 Å². The molecule has 7 heteroatoms. The fourth-order valence-corrected chi connectivity index (χ4v) is 2.80. The minimum Gasteiger partial charge on any atom is -0.386 e. The van der Waals surface area contributed by atoms with E-state index in [1.807, 2.05) is 0 Å². The Balaban J connectivity index is 3.13. The number of halogens is 1. The topological polar surface area (TPSA) is 96.0 Å². The summed E-state index contributed by atoms with van der Waals surface area (Å²) in [6, 6.07) is 4.66. The second-order valence-corrected chi connectivity index (χ2v) is 5.84. The molecule has 0 spiro atoms. The van der Waals surface area contributed by atoms with E-state index in [0.717, 1.165) is 12.1 Å². The Morgan fingerprint density at radius 3 is 2.61 bits per heavy atom. The lowest BCUT2D eigenvalue weighted by Crippen LogP contribution is -2.54. The Kier molecular flexibility index (Phi) is 4.08. The lowest BCUT2D eigenvalue weighted by atomic mass is 10.00. The molecule has 1 atom stereocenters. The molecule has 0 fully saturated rings. The minimum atomic E-state index is -3.91. The number of benzene rings is 1. The van der Waals surface area contributed by atoms with Crippen molar-refractivity contribution in [2.75, 3.05) is 0 Å². The van der Waals surface area contributed by atoms with E-state index in [2.05, 4.69) is 4.72 Å². The predicted molar refractivity (Wildman–Crippen MR) is 67.3 cm³/mol. The lowest BCUT2D eigenvalue weighted by Gasteiger charge is -2.27. The lowest BCUT2D eigenvalue weighted by molar-refractivity contribution is 0.504. The molecule has 100 valence electrons. The van der Waals surface area contributed by atoms with Gasteiger partial charge in [-0.25, -0.2) is 12.8 Å². The van der Waals surface area contributed by atoms with E-state index >= 15 is 0 Å². The van der Waals surface area contributed by atoms with Crippen LogP contribution < -0.4 is 10.5 Å². The maximum atomic E-state index is 13.0. The maximum Gasteiger partial charge on any atom is 0.241 e. The van der Waals surface area contributed by atoms with Gasteiger partial charge in [0.15, 0.2) is 0 Å². The molecule has 0 aromatic heterocycles. The normalized spacial score (nSPS) is 15.1. The second kappa shape index (κ2) is 5.03. The predicted octanol–water partition coefficient (Wildman–Crippen LogP) is 1.21. The first kappa shape index (κ1) is 14.6. The molecule has 0 bridgehead atoms. The second-order valence-electron chi connectivity index (χ2n) is 4.16. The molecule has 0 heterocycles. The van der Waals surface area contributed by atoms with Crippen molar-refractivity contribution >= 4 is 15.9 Å². The molecule has 4 N–H and O–H groups in total. The number of sulfonamides is 1. The van der Waals surface area contributed by atoms with Crippen molar-refractivity contribution in [2.24, 2.45) is 5.73 Å². The molecular formula is C11H16FN3O2S. The zero-order valence-electron chi connectivity index (χ0n) is 10.2. The van der Waals surface area contributed by atoms with Crippen LogP contribution in [0.2, 0.25) is 0 Å². The molecule has 0 amide bonds. The van der Waals surface area contributed by atoms with Gasteiger partial charge in [-0.1, -0.05) is 13.0 Å². The van der Waals surface area contributed by atoms with Crippen molar-refractivity contribution in [1.29, 1.82) is 5.41 Å².